The van der Waals surface area contributed by atoms with Crippen LogP contribution in [0.1, 0.15) is 22.7 Å². The molecular formula is C20H25Cl2N3O. The Hall–Kier alpha value is -1.59. The van der Waals surface area contributed by atoms with Gasteiger partial charge >= 0.3 is 0 Å². The molecule has 140 valence electrons. The highest BCUT2D eigenvalue weighted by molar-refractivity contribution is 6.31. The number of nitrogens with one attached hydrogen (secondary N) is 2. The zero-order valence-corrected chi connectivity index (χ0v) is 16.7. The van der Waals surface area contributed by atoms with Gasteiger partial charge in [0, 0.05) is 36.4 Å². The lowest BCUT2D eigenvalue weighted by molar-refractivity contribution is -0.118. The standard InChI is InChI=1S/C20H24ClN3O.ClH/c1-14-7-8-18(15(2)11-14)23-20(25)13-24-10-9-22-12-19(24)16-5-3-4-6-17(16)21;/h3-8,11,19,22H,9-10,12-13H2,1-2H3,(H,23,25);1H. The van der Waals surface area contributed by atoms with E-state index in [1.54, 1.807) is 0 Å². The molecule has 3 rings (SSSR count). The first kappa shape index (κ1) is 20.7. The second-order valence-electron chi connectivity index (χ2n) is 6.58. The fourth-order valence-corrected chi connectivity index (χ4v) is 3.58. The number of aryl methyl sites for hydroxylation is 2. The van der Waals surface area contributed by atoms with Gasteiger partial charge in [-0.05, 0) is 37.1 Å². The van der Waals surface area contributed by atoms with Gasteiger partial charge in [0.2, 0.25) is 5.91 Å². The SMILES string of the molecule is Cc1ccc(NC(=O)CN2CCNCC2c2ccccc2Cl)c(C)c1.Cl. The summed E-state index contributed by atoms with van der Waals surface area (Å²) in [5.41, 5.74) is 4.21. The van der Waals surface area contributed by atoms with E-state index in [-0.39, 0.29) is 24.4 Å². The second kappa shape index (κ2) is 9.38. The van der Waals surface area contributed by atoms with Crippen molar-refractivity contribution in [1.82, 2.24) is 10.2 Å². The van der Waals surface area contributed by atoms with Crippen LogP contribution in [-0.4, -0.2) is 37.0 Å². The summed E-state index contributed by atoms with van der Waals surface area (Å²) < 4.78 is 0. The van der Waals surface area contributed by atoms with E-state index >= 15 is 0 Å². The molecule has 1 aliphatic rings. The van der Waals surface area contributed by atoms with Crippen molar-refractivity contribution in [1.29, 1.82) is 0 Å². The average molecular weight is 394 g/mol. The van der Waals surface area contributed by atoms with Crippen LogP contribution in [0.15, 0.2) is 42.5 Å². The quantitative estimate of drug-likeness (QED) is 0.825. The zero-order valence-electron chi connectivity index (χ0n) is 15.1. The third kappa shape index (κ3) is 4.98. The number of rotatable bonds is 4. The second-order valence-corrected chi connectivity index (χ2v) is 6.99. The van der Waals surface area contributed by atoms with E-state index in [9.17, 15) is 4.79 Å². The van der Waals surface area contributed by atoms with Gasteiger partial charge in [-0.1, -0.05) is 47.5 Å². The lowest BCUT2D eigenvalue weighted by Crippen LogP contribution is -2.48. The number of nitrogens with zero attached hydrogens (tertiary/aromatic N) is 1. The van der Waals surface area contributed by atoms with Crippen molar-refractivity contribution < 1.29 is 4.79 Å². The van der Waals surface area contributed by atoms with E-state index in [1.165, 1.54) is 5.56 Å². The molecule has 0 aliphatic carbocycles. The van der Waals surface area contributed by atoms with E-state index in [0.29, 0.717) is 6.54 Å². The van der Waals surface area contributed by atoms with Gasteiger partial charge in [0.1, 0.15) is 0 Å². The number of amides is 1. The first-order valence-electron chi connectivity index (χ1n) is 8.61. The van der Waals surface area contributed by atoms with Crippen molar-refractivity contribution >= 4 is 35.6 Å². The number of carbonyl (C=O) groups is 1. The van der Waals surface area contributed by atoms with Gasteiger partial charge in [-0.25, -0.2) is 0 Å². The average Bonchev–Trinajstić information content (AvgIpc) is 2.59. The van der Waals surface area contributed by atoms with Gasteiger partial charge in [0.25, 0.3) is 0 Å². The number of hydrogen-bond donors (Lipinski definition) is 2. The number of benzene rings is 2. The van der Waals surface area contributed by atoms with Gasteiger partial charge in [0.05, 0.1) is 6.54 Å². The third-order valence-electron chi connectivity index (χ3n) is 4.62. The first-order valence-corrected chi connectivity index (χ1v) is 8.98. The van der Waals surface area contributed by atoms with Gasteiger partial charge in [-0.2, -0.15) is 0 Å². The van der Waals surface area contributed by atoms with Crippen LogP contribution in [-0.2, 0) is 4.79 Å². The van der Waals surface area contributed by atoms with Gasteiger partial charge < -0.3 is 10.6 Å². The Kier molecular flexibility index (Phi) is 7.47. The van der Waals surface area contributed by atoms with Crippen LogP contribution in [0.3, 0.4) is 0 Å². The van der Waals surface area contributed by atoms with Crippen LogP contribution in [0.5, 0.6) is 0 Å². The zero-order chi connectivity index (χ0) is 17.8. The van der Waals surface area contributed by atoms with Gasteiger partial charge in [0.15, 0.2) is 0 Å². The Morgan fingerprint density at radius 2 is 2.04 bits per heavy atom. The number of anilines is 1. The molecule has 1 unspecified atom stereocenters. The summed E-state index contributed by atoms with van der Waals surface area (Å²) >= 11 is 6.37. The Morgan fingerprint density at radius 1 is 1.27 bits per heavy atom. The predicted molar refractivity (Wildman–Crippen MR) is 110 cm³/mol. The van der Waals surface area contributed by atoms with Crippen LogP contribution in [0.2, 0.25) is 5.02 Å². The molecule has 1 aliphatic heterocycles. The molecule has 2 N–H and O–H groups in total. The van der Waals surface area contributed by atoms with E-state index in [2.05, 4.69) is 21.6 Å². The van der Waals surface area contributed by atoms with E-state index in [1.807, 2.05) is 50.2 Å². The van der Waals surface area contributed by atoms with Crippen molar-refractivity contribution in [3.05, 3.63) is 64.2 Å². The first-order chi connectivity index (χ1) is 12.0. The molecule has 2 aromatic carbocycles. The maximum atomic E-state index is 12.6. The summed E-state index contributed by atoms with van der Waals surface area (Å²) in [6.07, 6.45) is 0. The minimum absolute atomic E-state index is 0. The fraction of sp³-hybridized carbons (Fsp3) is 0.350. The van der Waals surface area contributed by atoms with E-state index < -0.39 is 0 Å². The third-order valence-corrected chi connectivity index (χ3v) is 4.97. The molecule has 0 spiro atoms. The topological polar surface area (TPSA) is 44.4 Å². The Bertz CT molecular complexity index is 766. The highest BCUT2D eigenvalue weighted by atomic mass is 35.5. The summed E-state index contributed by atoms with van der Waals surface area (Å²) in [6.45, 7) is 6.90. The molecule has 0 radical (unpaired) electrons. The lowest BCUT2D eigenvalue weighted by atomic mass is 10.0. The molecule has 0 saturated carbocycles. The van der Waals surface area contributed by atoms with Crippen LogP contribution >= 0.6 is 24.0 Å². The van der Waals surface area contributed by atoms with Crippen LogP contribution in [0, 0.1) is 13.8 Å². The highest BCUT2D eigenvalue weighted by Crippen LogP contribution is 2.28. The fourth-order valence-electron chi connectivity index (χ4n) is 3.32. The highest BCUT2D eigenvalue weighted by Gasteiger charge is 2.27. The molecule has 4 nitrogen and oxygen atoms in total. The summed E-state index contributed by atoms with van der Waals surface area (Å²) in [4.78, 5) is 14.8. The molecule has 6 heteroatoms. The molecule has 1 amide bonds. The minimum Gasteiger partial charge on any atom is -0.325 e. The molecule has 2 aromatic rings. The maximum Gasteiger partial charge on any atom is 0.238 e. The molecule has 0 aromatic heterocycles. The number of piperazine rings is 1. The molecule has 0 bridgehead atoms. The lowest BCUT2D eigenvalue weighted by Gasteiger charge is -2.36. The van der Waals surface area contributed by atoms with Crippen molar-refractivity contribution in [2.24, 2.45) is 0 Å². The molecule has 1 saturated heterocycles. The summed E-state index contributed by atoms with van der Waals surface area (Å²) in [6, 6.07) is 14.0. The summed E-state index contributed by atoms with van der Waals surface area (Å²) in [7, 11) is 0. The molecule has 26 heavy (non-hydrogen) atoms. The Labute approximate surface area is 166 Å². The van der Waals surface area contributed by atoms with Crippen LogP contribution in [0.25, 0.3) is 0 Å². The molecule has 1 atom stereocenters. The number of hydrogen-bond acceptors (Lipinski definition) is 3. The van der Waals surface area contributed by atoms with E-state index in [4.69, 9.17) is 11.6 Å². The predicted octanol–water partition coefficient (Wildman–Crippen LogP) is 3.96. The smallest absolute Gasteiger partial charge is 0.238 e. The number of carbonyl (C=O) groups excluding carboxylic acids is 1. The number of halogens is 2. The van der Waals surface area contributed by atoms with Crippen molar-refractivity contribution in [3.8, 4) is 0 Å². The minimum atomic E-state index is 0. The molecule has 1 heterocycles. The van der Waals surface area contributed by atoms with Gasteiger partial charge in [-0.3, -0.25) is 9.69 Å². The largest absolute Gasteiger partial charge is 0.325 e. The maximum absolute atomic E-state index is 12.6. The summed E-state index contributed by atoms with van der Waals surface area (Å²) in [5.74, 6) is 0.00547. The van der Waals surface area contributed by atoms with Crippen LogP contribution in [0.4, 0.5) is 5.69 Å². The van der Waals surface area contributed by atoms with Crippen molar-refractivity contribution in [2.45, 2.75) is 19.9 Å². The van der Waals surface area contributed by atoms with Crippen molar-refractivity contribution in [2.75, 3.05) is 31.5 Å². The van der Waals surface area contributed by atoms with Crippen LogP contribution < -0.4 is 10.6 Å². The monoisotopic (exact) mass is 393 g/mol. The molecule has 1 fully saturated rings. The van der Waals surface area contributed by atoms with E-state index in [0.717, 1.165) is 41.5 Å². The Morgan fingerprint density at radius 3 is 2.77 bits per heavy atom. The Balaban J connectivity index is 0.00000243. The van der Waals surface area contributed by atoms with Gasteiger partial charge in [-0.15, -0.1) is 12.4 Å². The normalized spacial score (nSPS) is 17.4. The molecular weight excluding hydrogens is 369 g/mol. The van der Waals surface area contributed by atoms with Crippen molar-refractivity contribution in [3.63, 3.8) is 0 Å². The summed E-state index contributed by atoms with van der Waals surface area (Å²) in [5, 5.41) is 7.18.